The van der Waals surface area contributed by atoms with Crippen LogP contribution < -0.4 is 11.1 Å². The van der Waals surface area contributed by atoms with Crippen LogP contribution in [0.1, 0.15) is 52.9 Å². The van der Waals surface area contributed by atoms with Crippen LogP contribution in [0.25, 0.3) is 11.0 Å². The van der Waals surface area contributed by atoms with E-state index in [-0.39, 0.29) is 33.0 Å². The molecular weight excluding hydrogens is 440 g/mol. The fourth-order valence-electron chi connectivity index (χ4n) is 2.62. The van der Waals surface area contributed by atoms with Gasteiger partial charge in [-0.2, -0.15) is 19.2 Å². The summed E-state index contributed by atoms with van der Waals surface area (Å²) in [6.45, 7) is 11.9. The van der Waals surface area contributed by atoms with Crippen molar-refractivity contribution in [1.82, 2.24) is 19.2 Å². The number of nitrogens with zero attached hydrogens (tertiary/aromatic N) is 4. The van der Waals surface area contributed by atoms with Crippen LogP contribution in [0.5, 0.6) is 0 Å². The molecule has 6 nitrogen and oxygen atoms in total. The fraction of sp³-hybridized carbons (Fsp3) is 0.500. The number of hydrogen-bond donors (Lipinski definition) is 0. The van der Waals surface area contributed by atoms with Gasteiger partial charge >= 0.3 is 0 Å². The van der Waals surface area contributed by atoms with Crippen molar-refractivity contribution in [3.63, 3.8) is 0 Å². The second kappa shape index (κ2) is 5.11. The summed E-state index contributed by atoms with van der Waals surface area (Å²) >= 11 is 6.90. The maximum absolute atomic E-state index is 12.9. The first-order chi connectivity index (χ1) is 10.9. The first-order valence-corrected chi connectivity index (χ1v) is 9.11. The molecule has 3 aromatic rings. The minimum Gasteiger partial charge on any atom is -0.265 e. The Morgan fingerprint density at radius 1 is 0.708 bits per heavy atom. The zero-order valence-corrected chi connectivity index (χ0v) is 17.5. The Kier molecular flexibility index (Phi) is 3.73. The van der Waals surface area contributed by atoms with Crippen LogP contribution in [0.2, 0.25) is 0 Å². The Morgan fingerprint density at radius 3 is 1.25 bits per heavy atom. The van der Waals surface area contributed by atoms with Crippen molar-refractivity contribution < 1.29 is 0 Å². The summed E-state index contributed by atoms with van der Waals surface area (Å²) in [6.07, 6.45) is 0. The Balaban J connectivity index is 2.57. The van der Waals surface area contributed by atoms with Crippen molar-refractivity contribution in [2.24, 2.45) is 0 Å². The molecule has 0 unspecified atom stereocenters. The molecule has 0 aliphatic heterocycles. The largest absolute Gasteiger partial charge is 0.298 e. The van der Waals surface area contributed by atoms with Crippen LogP contribution in [0.15, 0.2) is 18.5 Å². The lowest BCUT2D eigenvalue weighted by Crippen LogP contribution is -2.27. The van der Waals surface area contributed by atoms with Gasteiger partial charge in [0, 0.05) is 10.8 Å². The van der Waals surface area contributed by atoms with Crippen LogP contribution in [-0.2, 0) is 10.8 Å². The molecule has 3 heterocycles. The zero-order chi connectivity index (χ0) is 18.2. The predicted octanol–water partition coefficient (Wildman–Crippen LogP) is 3.26. The van der Waals surface area contributed by atoms with Crippen molar-refractivity contribution in [3.05, 3.63) is 41.0 Å². The Bertz CT molecular complexity index is 996. The van der Waals surface area contributed by atoms with E-state index in [2.05, 4.69) is 42.1 Å². The van der Waals surface area contributed by atoms with Gasteiger partial charge < -0.3 is 0 Å². The molecule has 0 bridgehead atoms. The monoisotopic (exact) mass is 456 g/mol. The third-order valence-electron chi connectivity index (χ3n) is 3.87. The standard InChI is InChI=1S/C16H18Br2N4O2/c1-15(2,3)11-7(17)9-13(23)22-10(14(24)21(9)19-11)8(18)12(20-22)16(4,5)6/h1-6H3. The van der Waals surface area contributed by atoms with Gasteiger partial charge in [0.15, 0.2) is 11.0 Å². The highest BCUT2D eigenvalue weighted by molar-refractivity contribution is 9.11. The molecule has 0 spiro atoms. The Hall–Kier alpha value is -1.28. The molecule has 128 valence electrons. The van der Waals surface area contributed by atoms with Crippen molar-refractivity contribution >= 4 is 42.9 Å². The average Bonchev–Trinajstić information content (AvgIpc) is 2.94. The summed E-state index contributed by atoms with van der Waals surface area (Å²) in [6, 6.07) is 0. The lowest BCUT2D eigenvalue weighted by Gasteiger charge is -2.15. The minimum atomic E-state index is -0.365. The maximum atomic E-state index is 12.9. The summed E-state index contributed by atoms with van der Waals surface area (Å²) < 4.78 is 3.45. The van der Waals surface area contributed by atoms with Gasteiger partial charge in [0.25, 0.3) is 11.1 Å². The van der Waals surface area contributed by atoms with E-state index in [1.165, 1.54) is 9.03 Å². The molecule has 0 atom stereocenters. The zero-order valence-electron chi connectivity index (χ0n) is 14.4. The molecule has 3 rings (SSSR count). The number of aromatic nitrogens is 4. The second-order valence-corrected chi connectivity index (χ2v) is 9.54. The lowest BCUT2D eigenvalue weighted by molar-refractivity contribution is 0.558. The normalized spacial score (nSPS) is 13.3. The van der Waals surface area contributed by atoms with Gasteiger partial charge in [-0.1, -0.05) is 41.5 Å². The van der Waals surface area contributed by atoms with E-state index in [0.29, 0.717) is 20.3 Å². The molecule has 0 aliphatic carbocycles. The average molecular weight is 458 g/mol. The SMILES string of the molecule is CC(C)(C)c1nn2c(=O)c3c(Br)c(C(C)(C)C)nn3c(=O)c2c1Br. The number of fused-ring (bicyclic) bond motifs is 2. The molecule has 0 aliphatic rings. The minimum absolute atomic E-state index is 0.216. The summed E-state index contributed by atoms with van der Waals surface area (Å²) in [5.74, 6) is 0. The van der Waals surface area contributed by atoms with Gasteiger partial charge in [-0.25, -0.2) is 0 Å². The molecule has 0 radical (unpaired) electrons. The highest BCUT2D eigenvalue weighted by Crippen LogP contribution is 2.32. The summed E-state index contributed by atoms with van der Waals surface area (Å²) in [4.78, 5) is 25.9. The van der Waals surface area contributed by atoms with Gasteiger partial charge in [0.1, 0.15) is 0 Å². The third-order valence-corrected chi connectivity index (χ3v) is 5.37. The van der Waals surface area contributed by atoms with Crippen LogP contribution in [0.4, 0.5) is 0 Å². The molecule has 0 saturated heterocycles. The van der Waals surface area contributed by atoms with Gasteiger partial charge in [0.05, 0.1) is 20.3 Å². The lowest BCUT2D eigenvalue weighted by atomic mass is 9.92. The van der Waals surface area contributed by atoms with Crippen molar-refractivity contribution in [2.45, 2.75) is 52.4 Å². The van der Waals surface area contributed by atoms with Gasteiger partial charge in [-0.15, -0.1) is 0 Å². The van der Waals surface area contributed by atoms with Crippen LogP contribution in [0, 0.1) is 0 Å². The van der Waals surface area contributed by atoms with Crippen molar-refractivity contribution in [3.8, 4) is 0 Å². The van der Waals surface area contributed by atoms with Crippen LogP contribution in [-0.4, -0.2) is 19.2 Å². The molecule has 0 amide bonds. The van der Waals surface area contributed by atoms with E-state index in [4.69, 9.17) is 0 Å². The van der Waals surface area contributed by atoms with Crippen molar-refractivity contribution in [1.29, 1.82) is 0 Å². The van der Waals surface area contributed by atoms with Gasteiger partial charge in [0.2, 0.25) is 0 Å². The highest BCUT2D eigenvalue weighted by atomic mass is 79.9. The van der Waals surface area contributed by atoms with Gasteiger partial charge in [-0.05, 0) is 31.9 Å². The van der Waals surface area contributed by atoms with E-state index in [9.17, 15) is 9.59 Å². The van der Waals surface area contributed by atoms with E-state index < -0.39 is 0 Å². The molecule has 0 fully saturated rings. The van der Waals surface area contributed by atoms with Gasteiger partial charge in [-0.3, -0.25) is 9.59 Å². The molecule has 0 N–H and O–H groups in total. The Morgan fingerprint density at radius 2 is 1.00 bits per heavy atom. The summed E-state index contributed by atoms with van der Waals surface area (Å²) in [5.41, 5.74) is 0.417. The first-order valence-electron chi connectivity index (χ1n) is 7.53. The van der Waals surface area contributed by atoms with E-state index >= 15 is 0 Å². The number of halogens is 2. The van der Waals surface area contributed by atoms with Crippen LogP contribution >= 0.6 is 31.9 Å². The van der Waals surface area contributed by atoms with E-state index in [1.807, 2.05) is 41.5 Å². The third kappa shape index (κ3) is 2.34. The molecule has 0 saturated carbocycles. The van der Waals surface area contributed by atoms with E-state index in [0.717, 1.165) is 0 Å². The topological polar surface area (TPSA) is 68.7 Å². The number of hydrogen-bond acceptors (Lipinski definition) is 4. The van der Waals surface area contributed by atoms with Crippen molar-refractivity contribution in [2.75, 3.05) is 0 Å². The smallest absolute Gasteiger partial charge is 0.265 e. The quantitative estimate of drug-likeness (QED) is 0.519. The highest BCUT2D eigenvalue weighted by Gasteiger charge is 2.30. The summed E-state index contributed by atoms with van der Waals surface area (Å²) in [7, 11) is 0. The Labute approximate surface area is 155 Å². The second-order valence-electron chi connectivity index (χ2n) is 7.96. The molecule has 8 heteroatoms. The fourth-order valence-corrected chi connectivity index (χ4v) is 4.64. The predicted molar refractivity (Wildman–Crippen MR) is 100 cm³/mol. The first kappa shape index (κ1) is 17.5. The molecular formula is C16H18Br2N4O2. The molecule has 24 heavy (non-hydrogen) atoms. The molecule has 3 aromatic heterocycles. The number of rotatable bonds is 0. The summed E-state index contributed by atoms with van der Waals surface area (Å²) in [5, 5.41) is 8.80. The maximum Gasteiger partial charge on any atom is 0.298 e. The van der Waals surface area contributed by atoms with Crippen LogP contribution in [0.3, 0.4) is 0 Å². The van der Waals surface area contributed by atoms with E-state index in [1.54, 1.807) is 0 Å². The molecule has 0 aromatic carbocycles.